The molecule has 1 aromatic carbocycles. The molecule has 6 heteroatoms. The van der Waals surface area contributed by atoms with E-state index in [1.807, 2.05) is 6.92 Å². The highest BCUT2D eigenvalue weighted by molar-refractivity contribution is 6.28. The Morgan fingerprint density at radius 3 is 2.38 bits per heavy atom. The first-order valence-electron chi connectivity index (χ1n) is 4.68. The Labute approximate surface area is 95.7 Å². The number of halogens is 3. The van der Waals surface area contributed by atoms with Gasteiger partial charge < -0.3 is 0 Å². The van der Waals surface area contributed by atoms with Crippen molar-refractivity contribution in [1.29, 1.82) is 0 Å². The van der Waals surface area contributed by atoms with Crippen LogP contribution in [0.4, 0.5) is 8.78 Å². The Morgan fingerprint density at radius 1 is 1.19 bits per heavy atom. The van der Waals surface area contributed by atoms with E-state index in [-0.39, 0.29) is 11.0 Å². The molecular weight excluding hydrogens is 236 g/mol. The third-order valence-corrected chi connectivity index (χ3v) is 2.36. The molecule has 1 heterocycles. The molecule has 0 N–H and O–H groups in total. The van der Waals surface area contributed by atoms with Crippen LogP contribution < -0.4 is 0 Å². The largest absolute Gasteiger partial charge is 0.270 e. The van der Waals surface area contributed by atoms with E-state index >= 15 is 0 Å². The third kappa shape index (κ3) is 1.90. The normalized spacial score (nSPS) is 10.8. The van der Waals surface area contributed by atoms with Crippen LogP contribution in [0.1, 0.15) is 12.7 Å². The molecule has 0 unspecified atom stereocenters. The maximum Gasteiger partial charge on any atom is 0.229 e. The van der Waals surface area contributed by atoms with Crippen LogP contribution in [-0.2, 0) is 6.42 Å². The van der Waals surface area contributed by atoms with Gasteiger partial charge in [-0.3, -0.25) is 4.57 Å². The number of aryl methyl sites for hydroxylation is 1. The van der Waals surface area contributed by atoms with Gasteiger partial charge in [0.2, 0.25) is 5.28 Å². The molecule has 0 aliphatic heterocycles. The van der Waals surface area contributed by atoms with Gasteiger partial charge in [0.15, 0.2) is 0 Å². The molecule has 0 aliphatic carbocycles. The molecule has 0 radical (unpaired) electrons. The van der Waals surface area contributed by atoms with E-state index in [4.69, 9.17) is 11.6 Å². The number of rotatable bonds is 2. The molecule has 0 spiro atoms. The van der Waals surface area contributed by atoms with Crippen molar-refractivity contribution in [1.82, 2.24) is 14.8 Å². The van der Waals surface area contributed by atoms with Crippen LogP contribution >= 0.6 is 11.6 Å². The molecule has 84 valence electrons. The van der Waals surface area contributed by atoms with E-state index in [1.54, 1.807) is 0 Å². The van der Waals surface area contributed by atoms with Crippen molar-refractivity contribution in [2.24, 2.45) is 0 Å². The van der Waals surface area contributed by atoms with Crippen LogP contribution in [0.5, 0.6) is 0 Å². The van der Waals surface area contributed by atoms with Crippen molar-refractivity contribution in [2.75, 3.05) is 0 Å². The van der Waals surface area contributed by atoms with Gasteiger partial charge in [-0.25, -0.2) is 8.78 Å². The molecule has 2 rings (SSSR count). The van der Waals surface area contributed by atoms with E-state index in [2.05, 4.69) is 10.2 Å². The molecule has 0 fully saturated rings. The van der Waals surface area contributed by atoms with Crippen molar-refractivity contribution in [2.45, 2.75) is 13.3 Å². The molecule has 0 atom stereocenters. The lowest BCUT2D eigenvalue weighted by atomic mass is 10.3. The van der Waals surface area contributed by atoms with Crippen molar-refractivity contribution in [3.05, 3.63) is 40.9 Å². The monoisotopic (exact) mass is 243 g/mol. The maximum atomic E-state index is 13.1. The van der Waals surface area contributed by atoms with E-state index < -0.39 is 11.6 Å². The standard InChI is InChI=1S/C10H8ClF2N3/c1-2-9-14-15-10(11)16(9)8-4-6(12)3-7(13)5-8/h3-5H,2H2,1H3. The second kappa shape index (κ2) is 4.17. The van der Waals surface area contributed by atoms with Crippen LogP contribution in [0.15, 0.2) is 18.2 Å². The average molecular weight is 244 g/mol. The minimum Gasteiger partial charge on any atom is -0.270 e. The Kier molecular flexibility index (Phi) is 2.87. The Balaban J connectivity index is 2.61. The minimum absolute atomic E-state index is 0.0850. The topological polar surface area (TPSA) is 30.7 Å². The van der Waals surface area contributed by atoms with Gasteiger partial charge in [0, 0.05) is 12.5 Å². The van der Waals surface area contributed by atoms with Gasteiger partial charge >= 0.3 is 0 Å². The summed E-state index contributed by atoms with van der Waals surface area (Å²) in [7, 11) is 0. The first-order valence-corrected chi connectivity index (χ1v) is 5.06. The predicted molar refractivity (Wildman–Crippen MR) is 55.7 cm³/mol. The number of hydrogen-bond acceptors (Lipinski definition) is 2. The maximum absolute atomic E-state index is 13.1. The fourth-order valence-corrected chi connectivity index (χ4v) is 1.68. The molecule has 0 amide bonds. The molecule has 1 aromatic heterocycles. The number of aromatic nitrogens is 3. The van der Waals surface area contributed by atoms with Crippen molar-refractivity contribution in [3.63, 3.8) is 0 Å². The molecule has 0 saturated carbocycles. The highest BCUT2D eigenvalue weighted by Gasteiger charge is 2.12. The summed E-state index contributed by atoms with van der Waals surface area (Å²) in [5.74, 6) is -0.779. The highest BCUT2D eigenvalue weighted by atomic mass is 35.5. The molecular formula is C10H8ClF2N3. The van der Waals surface area contributed by atoms with Crippen molar-refractivity contribution < 1.29 is 8.78 Å². The van der Waals surface area contributed by atoms with E-state index in [1.165, 1.54) is 16.7 Å². The SMILES string of the molecule is CCc1nnc(Cl)n1-c1cc(F)cc(F)c1. The molecule has 2 aromatic rings. The first-order chi connectivity index (χ1) is 7.61. The average Bonchev–Trinajstić information content (AvgIpc) is 2.58. The third-order valence-electron chi connectivity index (χ3n) is 2.11. The fraction of sp³-hybridized carbons (Fsp3) is 0.200. The fourth-order valence-electron chi connectivity index (χ4n) is 1.45. The smallest absolute Gasteiger partial charge is 0.229 e. The lowest BCUT2D eigenvalue weighted by Crippen LogP contribution is -2.01. The summed E-state index contributed by atoms with van der Waals surface area (Å²) in [6.45, 7) is 1.85. The Morgan fingerprint density at radius 2 is 1.81 bits per heavy atom. The lowest BCUT2D eigenvalue weighted by Gasteiger charge is -2.06. The molecule has 0 aliphatic rings. The summed E-state index contributed by atoms with van der Waals surface area (Å²) in [5.41, 5.74) is 0.282. The van der Waals surface area contributed by atoms with Gasteiger partial charge in [0.05, 0.1) is 5.69 Å². The van der Waals surface area contributed by atoms with Crippen LogP contribution in [-0.4, -0.2) is 14.8 Å². The summed E-state index contributed by atoms with van der Waals surface area (Å²) in [4.78, 5) is 0. The van der Waals surface area contributed by atoms with Gasteiger partial charge in [-0.05, 0) is 23.7 Å². The van der Waals surface area contributed by atoms with Gasteiger partial charge in [-0.1, -0.05) is 6.92 Å². The summed E-state index contributed by atoms with van der Waals surface area (Å²) in [6.07, 6.45) is 0.567. The van der Waals surface area contributed by atoms with Gasteiger partial charge in [0.25, 0.3) is 0 Å². The summed E-state index contributed by atoms with van der Waals surface area (Å²) in [5, 5.41) is 7.55. The summed E-state index contributed by atoms with van der Waals surface area (Å²) >= 11 is 5.81. The number of benzene rings is 1. The summed E-state index contributed by atoms with van der Waals surface area (Å²) in [6, 6.07) is 3.16. The van der Waals surface area contributed by atoms with Gasteiger partial charge in [-0.2, -0.15) is 0 Å². The Bertz CT molecular complexity index is 505. The molecule has 3 nitrogen and oxygen atoms in total. The Hall–Kier alpha value is -1.49. The second-order valence-electron chi connectivity index (χ2n) is 3.20. The highest BCUT2D eigenvalue weighted by Crippen LogP contribution is 2.19. The molecule has 0 saturated heterocycles. The van der Waals surface area contributed by atoms with Crippen LogP contribution in [0, 0.1) is 11.6 Å². The van der Waals surface area contributed by atoms with Crippen LogP contribution in [0.25, 0.3) is 5.69 Å². The zero-order valence-corrected chi connectivity index (χ0v) is 9.17. The summed E-state index contributed by atoms with van der Waals surface area (Å²) < 4.78 is 27.5. The van der Waals surface area contributed by atoms with Crippen molar-refractivity contribution in [3.8, 4) is 5.69 Å². The van der Waals surface area contributed by atoms with Gasteiger partial charge in [-0.15, -0.1) is 10.2 Å². The van der Waals surface area contributed by atoms with Gasteiger partial charge in [0.1, 0.15) is 17.5 Å². The molecule has 0 bridgehead atoms. The number of hydrogen-bond donors (Lipinski definition) is 0. The minimum atomic E-state index is -0.665. The van der Waals surface area contributed by atoms with Crippen LogP contribution in [0.3, 0.4) is 0 Å². The predicted octanol–water partition coefficient (Wildman–Crippen LogP) is 2.76. The zero-order chi connectivity index (χ0) is 11.7. The zero-order valence-electron chi connectivity index (χ0n) is 8.41. The number of nitrogens with zero attached hydrogens (tertiary/aromatic N) is 3. The second-order valence-corrected chi connectivity index (χ2v) is 3.54. The lowest BCUT2D eigenvalue weighted by molar-refractivity contribution is 0.581. The first kappa shape index (κ1) is 11.0. The quantitative estimate of drug-likeness (QED) is 0.812. The van der Waals surface area contributed by atoms with Crippen LogP contribution in [0.2, 0.25) is 5.28 Å². The molecule has 16 heavy (non-hydrogen) atoms. The van der Waals surface area contributed by atoms with E-state index in [0.29, 0.717) is 12.2 Å². The van der Waals surface area contributed by atoms with E-state index in [0.717, 1.165) is 6.07 Å². The van der Waals surface area contributed by atoms with E-state index in [9.17, 15) is 8.78 Å². The van der Waals surface area contributed by atoms with Crippen molar-refractivity contribution >= 4 is 11.6 Å².